The summed E-state index contributed by atoms with van der Waals surface area (Å²) in [7, 11) is 1.61. The second kappa shape index (κ2) is 14.7. The lowest BCUT2D eigenvalue weighted by Gasteiger charge is -2.31. The number of halogens is 1. The van der Waals surface area contributed by atoms with Gasteiger partial charge < -0.3 is 19.1 Å². The monoisotopic (exact) mass is 537 g/mol. The molecule has 1 heterocycles. The molecule has 7 heteroatoms. The molecule has 0 aliphatic rings. The van der Waals surface area contributed by atoms with Gasteiger partial charge in [-0.25, -0.2) is 0 Å². The number of hydrogen-bond donors (Lipinski definition) is 0. The van der Waals surface area contributed by atoms with Crippen molar-refractivity contribution in [2.75, 3.05) is 33.4 Å². The van der Waals surface area contributed by atoms with Crippen molar-refractivity contribution in [1.82, 2.24) is 14.4 Å². The minimum Gasteiger partial charge on any atom is -0.383 e. The van der Waals surface area contributed by atoms with Crippen LogP contribution in [0.4, 0.5) is 0 Å². The Morgan fingerprint density at radius 1 is 0.974 bits per heavy atom. The van der Waals surface area contributed by atoms with Crippen molar-refractivity contribution in [1.29, 1.82) is 0 Å². The van der Waals surface area contributed by atoms with Crippen molar-refractivity contribution in [3.8, 4) is 0 Å². The number of carbonyl (C=O) groups excluding carboxylic acids is 2. The van der Waals surface area contributed by atoms with E-state index >= 15 is 0 Å². The van der Waals surface area contributed by atoms with Crippen molar-refractivity contribution >= 4 is 23.4 Å². The van der Waals surface area contributed by atoms with Crippen LogP contribution in [0.25, 0.3) is 0 Å². The Kier molecular flexibility index (Phi) is 11.4. The van der Waals surface area contributed by atoms with Crippen LogP contribution in [0, 0.1) is 5.92 Å². The van der Waals surface area contributed by atoms with Crippen molar-refractivity contribution in [3.05, 3.63) is 94.8 Å². The van der Waals surface area contributed by atoms with Gasteiger partial charge in [0.15, 0.2) is 0 Å². The number of benzene rings is 2. The van der Waals surface area contributed by atoms with E-state index < -0.39 is 0 Å². The highest BCUT2D eigenvalue weighted by Crippen LogP contribution is 2.23. The number of aromatic nitrogens is 1. The molecule has 0 aliphatic heterocycles. The minimum atomic E-state index is -0.299. The summed E-state index contributed by atoms with van der Waals surface area (Å²) in [5, 5.41) is 0.721. The van der Waals surface area contributed by atoms with Crippen LogP contribution in [-0.2, 0) is 27.4 Å². The molecule has 0 aliphatic carbocycles. The Labute approximate surface area is 232 Å². The fourth-order valence-corrected chi connectivity index (χ4v) is 4.83. The zero-order valence-electron chi connectivity index (χ0n) is 23.0. The second-order valence-corrected chi connectivity index (χ2v) is 10.4. The first kappa shape index (κ1) is 29.5. The van der Waals surface area contributed by atoms with E-state index in [1.165, 1.54) is 0 Å². The average Bonchev–Trinajstić information content (AvgIpc) is 3.34. The maximum atomic E-state index is 13.7. The van der Waals surface area contributed by atoms with E-state index in [0.717, 1.165) is 21.8 Å². The Balaban J connectivity index is 1.79. The molecule has 6 nitrogen and oxygen atoms in total. The van der Waals surface area contributed by atoms with E-state index in [4.69, 9.17) is 16.3 Å². The van der Waals surface area contributed by atoms with Gasteiger partial charge in [-0.1, -0.05) is 80.9 Å². The normalized spacial score (nSPS) is 11.9. The maximum absolute atomic E-state index is 13.7. The molecule has 2 aromatic carbocycles. The van der Waals surface area contributed by atoms with Gasteiger partial charge in [-0.05, 0) is 41.7 Å². The van der Waals surface area contributed by atoms with Gasteiger partial charge in [0.2, 0.25) is 11.8 Å². The van der Waals surface area contributed by atoms with Crippen LogP contribution in [-0.4, -0.2) is 59.5 Å². The number of ether oxygens (including phenoxy) is 1. The third kappa shape index (κ3) is 8.20. The molecule has 0 N–H and O–H groups in total. The van der Waals surface area contributed by atoms with Crippen molar-refractivity contribution in [3.63, 3.8) is 0 Å². The molecule has 2 amide bonds. The Hall–Kier alpha value is -3.09. The Bertz CT molecular complexity index is 1160. The third-order valence-corrected chi connectivity index (χ3v) is 6.99. The predicted octanol–water partition coefficient (Wildman–Crippen LogP) is 5.84. The standard InChI is InChI=1S/C31H40ClN3O3/c1-5-28(25-12-7-6-8-13-25)31(37)34(18-19-38-4)23-30(36)35(20-24(2)3)22-27-15-11-17-33(27)21-26-14-9-10-16-29(26)32/h6-17,24,28H,5,18-23H2,1-4H3. The number of amides is 2. The molecule has 0 spiro atoms. The van der Waals surface area contributed by atoms with Gasteiger partial charge in [0.05, 0.1) is 25.6 Å². The molecular weight excluding hydrogens is 498 g/mol. The van der Waals surface area contributed by atoms with Gasteiger partial charge in [-0.15, -0.1) is 0 Å². The van der Waals surface area contributed by atoms with Crippen LogP contribution in [0.3, 0.4) is 0 Å². The first-order chi connectivity index (χ1) is 18.3. The molecule has 3 aromatic rings. The van der Waals surface area contributed by atoms with Crippen LogP contribution in [0.2, 0.25) is 5.02 Å². The lowest BCUT2D eigenvalue weighted by Crippen LogP contribution is -2.46. The lowest BCUT2D eigenvalue weighted by atomic mass is 9.95. The summed E-state index contributed by atoms with van der Waals surface area (Å²) in [4.78, 5) is 30.9. The summed E-state index contributed by atoms with van der Waals surface area (Å²) in [5.41, 5.74) is 3.01. The SMILES string of the molecule is CCC(C(=O)N(CCOC)CC(=O)N(Cc1cccn1Cc1ccccc1Cl)CC(C)C)c1ccccc1. The van der Waals surface area contributed by atoms with Crippen molar-refractivity contribution < 1.29 is 14.3 Å². The third-order valence-electron chi connectivity index (χ3n) is 6.62. The summed E-state index contributed by atoms with van der Waals surface area (Å²) < 4.78 is 7.41. The number of carbonyl (C=O) groups is 2. The van der Waals surface area contributed by atoms with Gasteiger partial charge in [0.1, 0.15) is 0 Å². The zero-order chi connectivity index (χ0) is 27.5. The molecule has 1 unspecified atom stereocenters. The van der Waals surface area contributed by atoms with Crippen LogP contribution >= 0.6 is 11.6 Å². The first-order valence-electron chi connectivity index (χ1n) is 13.3. The number of rotatable bonds is 14. The summed E-state index contributed by atoms with van der Waals surface area (Å²) in [5.74, 6) is -0.138. The number of hydrogen-bond acceptors (Lipinski definition) is 3. The van der Waals surface area contributed by atoms with Crippen molar-refractivity contribution in [2.24, 2.45) is 5.92 Å². The summed E-state index contributed by atoms with van der Waals surface area (Å²) in [6.45, 7) is 8.62. The summed E-state index contributed by atoms with van der Waals surface area (Å²) >= 11 is 6.40. The topological polar surface area (TPSA) is 54.8 Å². The predicted molar refractivity (Wildman–Crippen MR) is 153 cm³/mol. The lowest BCUT2D eigenvalue weighted by molar-refractivity contribution is -0.142. The number of nitrogens with zero attached hydrogens (tertiary/aromatic N) is 3. The van der Waals surface area contributed by atoms with Gasteiger partial charge in [-0.2, -0.15) is 0 Å². The molecule has 0 saturated heterocycles. The van der Waals surface area contributed by atoms with Gasteiger partial charge in [0.25, 0.3) is 0 Å². The fraction of sp³-hybridized carbons (Fsp3) is 0.419. The van der Waals surface area contributed by atoms with Crippen LogP contribution in [0.5, 0.6) is 0 Å². The van der Waals surface area contributed by atoms with E-state index in [0.29, 0.717) is 39.2 Å². The van der Waals surface area contributed by atoms with E-state index in [1.54, 1.807) is 12.0 Å². The fourth-order valence-electron chi connectivity index (χ4n) is 4.64. The van der Waals surface area contributed by atoms with E-state index in [9.17, 15) is 9.59 Å². The number of methoxy groups -OCH3 is 1. The first-order valence-corrected chi connectivity index (χ1v) is 13.7. The van der Waals surface area contributed by atoms with Crippen LogP contribution < -0.4 is 0 Å². The van der Waals surface area contributed by atoms with Crippen LogP contribution in [0.1, 0.15) is 49.9 Å². The molecule has 0 radical (unpaired) electrons. The molecule has 0 bridgehead atoms. The average molecular weight is 538 g/mol. The molecular formula is C31H40ClN3O3. The highest BCUT2D eigenvalue weighted by molar-refractivity contribution is 6.31. The molecule has 0 fully saturated rings. The van der Waals surface area contributed by atoms with Gasteiger partial charge >= 0.3 is 0 Å². The summed E-state index contributed by atoms with van der Waals surface area (Å²) in [6.07, 6.45) is 2.67. The van der Waals surface area contributed by atoms with E-state index in [1.807, 2.05) is 84.8 Å². The van der Waals surface area contributed by atoms with E-state index in [2.05, 4.69) is 18.4 Å². The molecule has 3 rings (SSSR count). The molecule has 0 saturated carbocycles. The maximum Gasteiger partial charge on any atom is 0.242 e. The van der Waals surface area contributed by atoms with E-state index in [-0.39, 0.29) is 30.2 Å². The minimum absolute atomic E-state index is 0.0173. The quantitative estimate of drug-likeness (QED) is 0.259. The zero-order valence-corrected chi connectivity index (χ0v) is 23.7. The van der Waals surface area contributed by atoms with Crippen LogP contribution in [0.15, 0.2) is 72.9 Å². The molecule has 1 atom stereocenters. The molecule has 1 aromatic heterocycles. The smallest absolute Gasteiger partial charge is 0.242 e. The Morgan fingerprint density at radius 2 is 1.68 bits per heavy atom. The molecule has 204 valence electrons. The largest absolute Gasteiger partial charge is 0.383 e. The van der Waals surface area contributed by atoms with Gasteiger partial charge in [0, 0.05) is 43.7 Å². The molecule has 38 heavy (non-hydrogen) atoms. The van der Waals surface area contributed by atoms with Gasteiger partial charge in [-0.3, -0.25) is 9.59 Å². The van der Waals surface area contributed by atoms with Crippen molar-refractivity contribution in [2.45, 2.75) is 46.2 Å². The highest BCUT2D eigenvalue weighted by Gasteiger charge is 2.28. The Morgan fingerprint density at radius 3 is 2.34 bits per heavy atom. The highest BCUT2D eigenvalue weighted by atomic mass is 35.5. The summed E-state index contributed by atoms with van der Waals surface area (Å²) in [6, 6.07) is 21.6. The second-order valence-electron chi connectivity index (χ2n) is 10.0.